The van der Waals surface area contributed by atoms with E-state index in [4.69, 9.17) is 4.74 Å². The predicted molar refractivity (Wildman–Crippen MR) is 57.1 cm³/mol. The van der Waals surface area contributed by atoms with Gasteiger partial charge in [-0.05, 0) is 38.3 Å². The molecule has 0 aromatic carbocycles. The lowest BCUT2D eigenvalue weighted by atomic mass is 9.92. The highest BCUT2D eigenvalue weighted by molar-refractivity contribution is 5.91. The Kier molecular flexibility index (Phi) is 2.25. The molecule has 3 nitrogen and oxygen atoms in total. The van der Waals surface area contributed by atoms with E-state index >= 15 is 0 Å². The first-order valence-corrected chi connectivity index (χ1v) is 5.13. The molecule has 0 unspecified atom stereocenters. The van der Waals surface area contributed by atoms with Crippen LogP contribution in [0.1, 0.15) is 31.0 Å². The normalized spacial score (nSPS) is 17.3. The first kappa shape index (κ1) is 10.1. The number of rotatable bonds is 3. The first-order chi connectivity index (χ1) is 7.08. The number of ketones is 1. The van der Waals surface area contributed by atoms with Crippen LogP contribution in [0.15, 0.2) is 12.1 Å². The highest BCUT2D eigenvalue weighted by Gasteiger charge is 2.49. The van der Waals surface area contributed by atoms with Crippen LogP contribution >= 0.6 is 0 Å². The zero-order chi connectivity index (χ0) is 11.1. The number of aryl methyl sites for hydroxylation is 1. The molecule has 1 aliphatic carbocycles. The van der Waals surface area contributed by atoms with Crippen LogP contribution in [-0.2, 0) is 10.2 Å². The molecular weight excluding hydrogens is 190 g/mol. The number of hydrogen-bond acceptors (Lipinski definition) is 3. The van der Waals surface area contributed by atoms with E-state index in [1.807, 2.05) is 19.1 Å². The fraction of sp³-hybridized carbons (Fsp3) is 0.500. The maximum Gasteiger partial charge on any atom is 0.213 e. The molecule has 1 saturated carbocycles. The SMILES string of the molecule is COc1cc(C2(C(C)=O)CC2)cc(C)n1. The summed E-state index contributed by atoms with van der Waals surface area (Å²) in [5, 5.41) is 0. The van der Waals surface area contributed by atoms with Crippen molar-refractivity contribution in [3.63, 3.8) is 0 Å². The molecule has 1 aliphatic rings. The third-order valence-electron chi connectivity index (χ3n) is 3.12. The second kappa shape index (κ2) is 3.33. The van der Waals surface area contributed by atoms with E-state index in [0.29, 0.717) is 5.88 Å². The van der Waals surface area contributed by atoms with Gasteiger partial charge in [-0.15, -0.1) is 0 Å². The lowest BCUT2D eigenvalue weighted by Gasteiger charge is -2.13. The lowest BCUT2D eigenvalue weighted by Crippen LogP contribution is -2.17. The van der Waals surface area contributed by atoms with E-state index in [2.05, 4.69) is 4.98 Å². The van der Waals surface area contributed by atoms with Gasteiger partial charge in [0.05, 0.1) is 12.5 Å². The Balaban J connectivity index is 2.44. The Hall–Kier alpha value is -1.38. The maximum absolute atomic E-state index is 11.6. The van der Waals surface area contributed by atoms with Gasteiger partial charge in [0.2, 0.25) is 5.88 Å². The minimum atomic E-state index is -0.235. The average Bonchev–Trinajstić information content (AvgIpc) is 2.97. The van der Waals surface area contributed by atoms with Gasteiger partial charge in [0.15, 0.2) is 0 Å². The van der Waals surface area contributed by atoms with Crippen LogP contribution in [0, 0.1) is 6.92 Å². The summed E-state index contributed by atoms with van der Waals surface area (Å²) in [4.78, 5) is 15.8. The summed E-state index contributed by atoms with van der Waals surface area (Å²) in [7, 11) is 1.60. The van der Waals surface area contributed by atoms with Gasteiger partial charge in [-0.25, -0.2) is 4.98 Å². The zero-order valence-corrected chi connectivity index (χ0v) is 9.33. The molecule has 1 heterocycles. The van der Waals surface area contributed by atoms with Gasteiger partial charge in [0.1, 0.15) is 5.78 Å². The molecule has 0 bridgehead atoms. The van der Waals surface area contributed by atoms with Gasteiger partial charge in [-0.3, -0.25) is 4.79 Å². The summed E-state index contributed by atoms with van der Waals surface area (Å²) in [5.74, 6) is 0.840. The number of ether oxygens (including phenoxy) is 1. The highest BCUT2D eigenvalue weighted by atomic mass is 16.5. The Morgan fingerprint density at radius 3 is 2.60 bits per heavy atom. The number of hydrogen-bond donors (Lipinski definition) is 0. The molecule has 0 saturated heterocycles. The minimum absolute atomic E-state index is 0.235. The second-order valence-corrected chi connectivity index (χ2v) is 4.18. The molecule has 0 N–H and O–H groups in total. The van der Waals surface area contributed by atoms with Crippen molar-refractivity contribution < 1.29 is 9.53 Å². The van der Waals surface area contributed by atoms with E-state index in [1.165, 1.54) is 0 Å². The molecule has 3 heteroatoms. The number of carbonyl (C=O) groups is 1. The second-order valence-electron chi connectivity index (χ2n) is 4.18. The third kappa shape index (κ3) is 1.62. The van der Waals surface area contributed by atoms with Crippen LogP contribution in [0.4, 0.5) is 0 Å². The number of nitrogens with zero attached hydrogens (tertiary/aromatic N) is 1. The number of pyridine rings is 1. The van der Waals surface area contributed by atoms with Crippen LogP contribution in [-0.4, -0.2) is 17.9 Å². The molecule has 1 fully saturated rings. The van der Waals surface area contributed by atoms with Crippen molar-refractivity contribution in [2.75, 3.05) is 7.11 Å². The molecule has 0 radical (unpaired) electrons. The van der Waals surface area contributed by atoms with Crippen molar-refractivity contribution >= 4 is 5.78 Å². The van der Waals surface area contributed by atoms with Crippen molar-refractivity contribution in [3.8, 4) is 5.88 Å². The van der Waals surface area contributed by atoms with Crippen LogP contribution in [0.25, 0.3) is 0 Å². The zero-order valence-electron chi connectivity index (χ0n) is 9.33. The molecule has 0 amide bonds. The highest BCUT2D eigenvalue weighted by Crippen LogP contribution is 2.49. The maximum atomic E-state index is 11.6. The van der Waals surface area contributed by atoms with Crippen molar-refractivity contribution in [2.24, 2.45) is 0 Å². The molecule has 2 rings (SSSR count). The first-order valence-electron chi connectivity index (χ1n) is 5.13. The topological polar surface area (TPSA) is 39.2 Å². The van der Waals surface area contributed by atoms with E-state index in [9.17, 15) is 4.79 Å². The summed E-state index contributed by atoms with van der Waals surface area (Å²) >= 11 is 0. The smallest absolute Gasteiger partial charge is 0.213 e. The minimum Gasteiger partial charge on any atom is -0.481 e. The molecule has 0 atom stereocenters. The van der Waals surface area contributed by atoms with E-state index < -0.39 is 0 Å². The summed E-state index contributed by atoms with van der Waals surface area (Å²) in [6.45, 7) is 3.58. The lowest BCUT2D eigenvalue weighted by molar-refractivity contribution is -0.119. The van der Waals surface area contributed by atoms with Gasteiger partial charge in [0, 0.05) is 11.8 Å². The molecule has 15 heavy (non-hydrogen) atoms. The summed E-state index contributed by atoms with van der Waals surface area (Å²) in [6.07, 6.45) is 1.91. The molecule has 0 aliphatic heterocycles. The number of carbonyl (C=O) groups excluding carboxylic acids is 1. The van der Waals surface area contributed by atoms with Gasteiger partial charge >= 0.3 is 0 Å². The Morgan fingerprint density at radius 1 is 1.47 bits per heavy atom. The van der Waals surface area contributed by atoms with Gasteiger partial charge in [0.25, 0.3) is 0 Å². The average molecular weight is 205 g/mol. The van der Waals surface area contributed by atoms with Crippen molar-refractivity contribution in [1.29, 1.82) is 0 Å². The predicted octanol–water partition coefficient (Wildman–Crippen LogP) is 2.02. The van der Waals surface area contributed by atoms with Crippen molar-refractivity contribution in [2.45, 2.75) is 32.1 Å². The molecule has 80 valence electrons. The van der Waals surface area contributed by atoms with E-state index in [0.717, 1.165) is 24.1 Å². The standard InChI is InChI=1S/C12H15NO2/c1-8-6-10(7-11(13-8)15-3)12(4-5-12)9(2)14/h6-7H,4-5H2,1-3H3. The molecule has 0 spiro atoms. The monoisotopic (exact) mass is 205 g/mol. The van der Waals surface area contributed by atoms with Crippen LogP contribution < -0.4 is 4.74 Å². The largest absolute Gasteiger partial charge is 0.481 e. The number of Topliss-reactive ketones (excluding diaryl/α,β-unsaturated/α-hetero) is 1. The summed E-state index contributed by atoms with van der Waals surface area (Å²) in [6, 6.07) is 3.86. The third-order valence-corrected chi connectivity index (χ3v) is 3.12. The quantitative estimate of drug-likeness (QED) is 0.757. The summed E-state index contributed by atoms with van der Waals surface area (Å²) < 4.78 is 5.12. The van der Waals surface area contributed by atoms with E-state index in [-0.39, 0.29) is 11.2 Å². The molecule has 1 aromatic heterocycles. The van der Waals surface area contributed by atoms with Gasteiger partial charge in [-0.2, -0.15) is 0 Å². The number of methoxy groups -OCH3 is 1. The van der Waals surface area contributed by atoms with Gasteiger partial charge in [-0.1, -0.05) is 0 Å². The summed E-state index contributed by atoms with van der Waals surface area (Å²) in [5.41, 5.74) is 1.72. The molecule has 1 aromatic rings. The van der Waals surface area contributed by atoms with Gasteiger partial charge < -0.3 is 4.74 Å². The Labute approximate surface area is 89.5 Å². The molecular formula is C12H15NO2. The number of aromatic nitrogens is 1. The van der Waals surface area contributed by atoms with Crippen molar-refractivity contribution in [1.82, 2.24) is 4.98 Å². The van der Waals surface area contributed by atoms with Crippen LogP contribution in [0.3, 0.4) is 0 Å². The fourth-order valence-corrected chi connectivity index (χ4v) is 1.99. The van der Waals surface area contributed by atoms with Crippen LogP contribution in [0.2, 0.25) is 0 Å². The Morgan fingerprint density at radius 2 is 2.13 bits per heavy atom. The Bertz CT molecular complexity index is 408. The van der Waals surface area contributed by atoms with Crippen molar-refractivity contribution in [3.05, 3.63) is 23.4 Å². The fourth-order valence-electron chi connectivity index (χ4n) is 1.99. The van der Waals surface area contributed by atoms with Crippen LogP contribution in [0.5, 0.6) is 5.88 Å². The van der Waals surface area contributed by atoms with E-state index in [1.54, 1.807) is 14.0 Å².